The monoisotopic (exact) mass is 216 g/mol. The zero-order chi connectivity index (χ0) is 11.4. The Kier molecular flexibility index (Phi) is 3.47. The van der Waals surface area contributed by atoms with Crippen LogP contribution in [0.2, 0.25) is 0 Å². The van der Waals surface area contributed by atoms with Gasteiger partial charge in [0, 0.05) is 24.2 Å². The van der Waals surface area contributed by atoms with Gasteiger partial charge in [0.1, 0.15) is 0 Å². The van der Waals surface area contributed by atoms with E-state index in [-0.39, 0.29) is 5.91 Å². The van der Waals surface area contributed by atoms with Crippen molar-refractivity contribution in [3.8, 4) is 0 Å². The molecule has 1 aromatic carbocycles. The molecule has 0 bridgehead atoms. The molecule has 1 amide bonds. The second-order valence-electron chi connectivity index (χ2n) is 4.26. The number of nitrogens with zero attached hydrogens (tertiary/aromatic N) is 2. The standard InChI is InChI=1S/C13H16N2O/c1-15-8-7-11(10-15)9-14-13(16)12-5-3-2-4-6-12/h2-6,9,11H,7-8,10H2,1H3/t11-/m1/s1. The first-order valence-corrected chi connectivity index (χ1v) is 5.58. The van der Waals surface area contributed by atoms with Crippen molar-refractivity contribution in [2.24, 2.45) is 10.9 Å². The molecule has 3 heteroatoms. The van der Waals surface area contributed by atoms with Crippen molar-refractivity contribution >= 4 is 12.1 Å². The van der Waals surface area contributed by atoms with Crippen LogP contribution in [0.4, 0.5) is 0 Å². The minimum absolute atomic E-state index is 0.143. The smallest absolute Gasteiger partial charge is 0.276 e. The van der Waals surface area contributed by atoms with Gasteiger partial charge in [-0.3, -0.25) is 4.79 Å². The molecule has 16 heavy (non-hydrogen) atoms. The quantitative estimate of drug-likeness (QED) is 0.707. The SMILES string of the molecule is CN1CC[C@H](C=NC(=O)c2ccccc2)C1. The zero-order valence-corrected chi connectivity index (χ0v) is 9.47. The van der Waals surface area contributed by atoms with Gasteiger partial charge in [0.15, 0.2) is 0 Å². The molecule has 1 aromatic rings. The number of carbonyl (C=O) groups excluding carboxylic acids is 1. The van der Waals surface area contributed by atoms with Crippen LogP contribution in [0.15, 0.2) is 35.3 Å². The van der Waals surface area contributed by atoms with Crippen molar-refractivity contribution in [2.75, 3.05) is 20.1 Å². The lowest BCUT2D eigenvalue weighted by Gasteiger charge is -2.04. The van der Waals surface area contributed by atoms with Gasteiger partial charge in [-0.05, 0) is 32.1 Å². The molecule has 1 fully saturated rings. The van der Waals surface area contributed by atoms with E-state index in [2.05, 4.69) is 16.9 Å². The number of hydrogen-bond donors (Lipinski definition) is 0. The summed E-state index contributed by atoms with van der Waals surface area (Å²) in [5.74, 6) is 0.285. The molecule has 1 saturated heterocycles. The summed E-state index contributed by atoms with van der Waals surface area (Å²) in [6.07, 6.45) is 2.90. The summed E-state index contributed by atoms with van der Waals surface area (Å²) in [5.41, 5.74) is 0.658. The van der Waals surface area contributed by atoms with Crippen LogP contribution < -0.4 is 0 Å². The number of carbonyl (C=O) groups is 1. The van der Waals surface area contributed by atoms with Gasteiger partial charge in [0.25, 0.3) is 5.91 Å². The molecule has 0 N–H and O–H groups in total. The highest BCUT2D eigenvalue weighted by Crippen LogP contribution is 2.12. The largest absolute Gasteiger partial charge is 0.306 e. The molecule has 2 rings (SSSR count). The van der Waals surface area contributed by atoms with E-state index in [1.807, 2.05) is 18.2 Å². The van der Waals surface area contributed by atoms with Gasteiger partial charge in [-0.15, -0.1) is 0 Å². The zero-order valence-electron chi connectivity index (χ0n) is 9.47. The van der Waals surface area contributed by atoms with Crippen LogP contribution in [0, 0.1) is 5.92 Å². The number of rotatable bonds is 2. The Morgan fingerprint density at radius 2 is 2.19 bits per heavy atom. The third-order valence-corrected chi connectivity index (χ3v) is 2.85. The summed E-state index contributed by atoms with van der Waals surface area (Å²) in [6.45, 7) is 2.10. The maximum absolute atomic E-state index is 11.7. The van der Waals surface area contributed by atoms with Gasteiger partial charge in [-0.1, -0.05) is 18.2 Å². The molecular formula is C13H16N2O. The average Bonchev–Trinajstić information content (AvgIpc) is 2.73. The molecule has 84 valence electrons. The van der Waals surface area contributed by atoms with Crippen LogP contribution in [0.5, 0.6) is 0 Å². The number of benzene rings is 1. The summed E-state index contributed by atoms with van der Waals surface area (Å²) >= 11 is 0. The molecule has 1 heterocycles. The van der Waals surface area contributed by atoms with E-state index in [4.69, 9.17) is 0 Å². The lowest BCUT2D eigenvalue weighted by molar-refractivity contribution is 0.100. The summed E-state index contributed by atoms with van der Waals surface area (Å²) < 4.78 is 0. The van der Waals surface area contributed by atoms with Crippen LogP contribution in [-0.2, 0) is 0 Å². The second-order valence-corrected chi connectivity index (χ2v) is 4.26. The van der Waals surface area contributed by atoms with Gasteiger partial charge < -0.3 is 4.90 Å². The first-order valence-electron chi connectivity index (χ1n) is 5.58. The number of hydrogen-bond acceptors (Lipinski definition) is 2. The molecule has 0 radical (unpaired) electrons. The number of likely N-dealkylation sites (tertiary alicyclic amines) is 1. The van der Waals surface area contributed by atoms with E-state index in [0.29, 0.717) is 11.5 Å². The third kappa shape index (κ3) is 2.76. The molecule has 3 nitrogen and oxygen atoms in total. The topological polar surface area (TPSA) is 32.7 Å². The van der Waals surface area contributed by atoms with Crippen LogP contribution in [0.3, 0.4) is 0 Å². The molecule has 0 spiro atoms. The molecule has 1 atom stereocenters. The predicted molar refractivity (Wildman–Crippen MR) is 64.9 cm³/mol. The summed E-state index contributed by atoms with van der Waals surface area (Å²) in [6, 6.07) is 9.19. The number of amides is 1. The van der Waals surface area contributed by atoms with Gasteiger partial charge in [-0.25, -0.2) is 4.99 Å². The fraction of sp³-hybridized carbons (Fsp3) is 0.385. The summed E-state index contributed by atoms with van der Waals surface area (Å²) in [7, 11) is 2.09. The van der Waals surface area contributed by atoms with Gasteiger partial charge in [0.2, 0.25) is 0 Å². The summed E-state index contributed by atoms with van der Waals surface area (Å²) in [5, 5.41) is 0. The van der Waals surface area contributed by atoms with Crippen molar-refractivity contribution in [2.45, 2.75) is 6.42 Å². The fourth-order valence-electron chi connectivity index (χ4n) is 1.92. The Hall–Kier alpha value is -1.48. The lowest BCUT2D eigenvalue weighted by atomic mass is 10.1. The van der Waals surface area contributed by atoms with E-state index in [1.54, 1.807) is 18.3 Å². The minimum atomic E-state index is -0.143. The van der Waals surface area contributed by atoms with Crippen LogP contribution in [0.25, 0.3) is 0 Å². The van der Waals surface area contributed by atoms with E-state index in [1.165, 1.54) is 0 Å². The Morgan fingerprint density at radius 1 is 1.44 bits per heavy atom. The van der Waals surface area contributed by atoms with Crippen molar-refractivity contribution in [1.82, 2.24) is 4.90 Å². The lowest BCUT2D eigenvalue weighted by Crippen LogP contribution is -2.14. The maximum Gasteiger partial charge on any atom is 0.276 e. The second kappa shape index (κ2) is 5.03. The van der Waals surface area contributed by atoms with Crippen molar-refractivity contribution in [3.63, 3.8) is 0 Å². The van der Waals surface area contributed by atoms with E-state index >= 15 is 0 Å². The molecule has 0 saturated carbocycles. The molecular weight excluding hydrogens is 200 g/mol. The Bertz CT molecular complexity index is 386. The van der Waals surface area contributed by atoms with E-state index in [0.717, 1.165) is 19.5 Å². The van der Waals surface area contributed by atoms with E-state index in [9.17, 15) is 4.79 Å². The van der Waals surface area contributed by atoms with Crippen LogP contribution >= 0.6 is 0 Å². The van der Waals surface area contributed by atoms with Crippen LogP contribution in [0.1, 0.15) is 16.8 Å². The highest BCUT2D eigenvalue weighted by molar-refractivity contribution is 5.99. The molecule has 1 aliphatic heterocycles. The fourth-order valence-corrected chi connectivity index (χ4v) is 1.92. The first-order chi connectivity index (χ1) is 7.75. The highest BCUT2D eigenvalue weighted by atomic mass is 16.1. The molecule has 0 aliphatic carbocycles. The van der Waals surface area contributed by atoms with Gasteiger partial charge >= 0.3 is 0 Å². The normalized spacial score (nSPS) is 21.7. The van der Waals surface area contributed by atoms with Crippen molar-refractivity contribution in [1.29, 1.82) is 0 Å². The summed E-state index contributed by atoms with van der Waals surface area (Å²) in [4.78, 5) is 17.9. The third-order valence-electron chi connectivity index (χ3n) is 2.85. The number of aliphatic imine (C=N–C) groups is 1. The molecule has 0 unspecified atom stereocenters. The Labute approximate surface area is 95.8 Å². The predicted octanol–water partition coefficient (Wildman–Crippen LogP) is 1.85. The van der Waals surface area contributed by atoms with Crippen molar-refractivity contribution < 1.29 is 4.79 Å². The van der Waals surface area contributed by atoms with Crippen LogP contribution in [-0.4, -0.2) is 37.2 Å². The van der Waals surface area contributed by atoms with Crippen molar-refractivity contribution in [3.05, 3.63) is 35.9 Å². The average molecular weight is 216 g/mol. The Balaban J connectivity index is 1.95. The molecule has 0 aromatic heterocycles. The molecule has 1 aliphatic rings. The van der Waals surface area contributed by atoms with Gasteiger partial charge in [0.05, 0.1) is 0 Å². The Morgan fingerprint density at radius 3 is 2.81 bits per heavy atom. The van der Waals surface area contributed by atoms with E-state index < -0.39 is 0 Å². The highest BCUT2D eigenvalue weighted by Gasteiger charge is 2.17. The first kappa shape index (κ1) is 11.0. The maximum atomic E-state index is 11.7. The minimum Gasteiger partial charge on any atom is -0.306 e. The van der Waals surface area contributed by atoms with Gasteiger partial charge in [-0.2, -0.15) is 0 Å².